The number of hydrogen-bond donors (Lipinski definition) is 1. The normalized spacial score (nSPS) is 27.9. The molecule has 1 N–H and O–H groups in total. The summed E-state index contributed by atoms with van der Waals surface area (Å²) >= 11 is 0. The number of carbonyl (C=O) groups is 1. The standard InChI is InChI=1S/C20H31NO2/c1-4-10-17-18(6-3)21(19(22)11-5-2)15-14-20(17,23)16-12-8-7-9-13-16/h7-9,12-13,17-18,23H,4-6,10-11,14-15H2,1-3H3/t17-,18+,20-/m1/s1. The largest absolute Gasteiger partial charge is 0.385 e. The third-order valence-corrected chi connectivity index (χ3v) is 5.29. The Kier molecular flexibility index (Phi) is 6.23. The van der Waals surface area contributed by atoms with Gasteiger partial charge in [-0.3, -0.25) is 4.79 Å². The highest BCUT2D eigenvalue weighted by Crippen LogP contribution is 2.44. The van der Waals surface area contributed by atoms with Crippen molar-refractivity contribution in [1.82, 2.24) is 4.90 Å². The van der Waals surface area contributed by atoms with Gasteiger partial charge in [-0.1, -0.05) is 57.5 Å². The van der Waals surface area contributed by atoms with Crippen LogP contribution in [0.4, 0.5) is 0 Å². The van der Waals surface area contributed by atoms with E-state index in [0.29, 0.717) is 19.4 Å². The SMILES string of the molecule is CCCC(=O)N1CC[C@@](O)(c2ccccc2)[C@H](CCC)[C@@H]1CC. The van der Waals surface area contributed by atoms with E-state index in [-0.39, 0.29) is 17.9 Å². The Balaban J connectivity index is 2.34. The van der Waals surface area contributed by atoms with Gasteiger partial charge < -0.3 is 10.0 Å². The lowest BCUT2D eigenvalue weighted by Crippen LogP contribution is -2.57. The van der Waals surface area contributed by atoms with Crippen LogP contribution in [-0.4, -0.2) is 28.5 Å². The number of likely N-dealkylation sites (tertiary alicyclic amines) is 1. The van der Waals surface area contributed by atoms with Crippen LogP contribution in [0, 0.1) is 5.92 Å². The van der Waals surface area contributed by atoms with Crippen LogP contribution in [0.15, 0.2) is 30.3 Å². The van der Waals surface area contributed by atoms with Gasteiger partial charge in [0.2, 0.25) is 5.91 Å². The third-order valence-electron chi connectivity index (χ3n) is 5.29. The van der Waals surface area contributed by atoms with E-state index in [1.54, 1.807) is 0 Å². The zero-order chi connectivity index (χ0) is 16.9. The molecule has 1 aliphatic heterocycles. The van der Waals surface area contributed by atoms with Crippen molar-refractivity contribution >= 4 is 5.91 Å². The van der Waals surface area contributed by atoms with Gasteiger partial charge in [0.25, 0.3) is 0 Å². The Labute approximate surface area is 140 Å². The van der Waals surface area contributed by atoms with Crippen molar-refractivity contribution < 1.29 is 9.90 Å². The molecule has 2 rings (SSSR count). The van der Waals surface area contributed by atoms with Gasteiger partial charge in [0.15, 0.2) is 0 Å². The van der Waals surface area contributed by atoms with Crippen molar-refractivity contribution in [2.75, 3.05) is 6.54 Å². The number of aliphatic hydroxyl groups is 1. The minimum Gasteiger partial charge on any atom is -0.385 e. The van der Waals surface area contributed by atoms with Gasteiger partial charge in [-0.05, 0) is 31.2 Å². The summed E-state index contributed by atoms with van der Waals surface area (Å²) in [4.78, 5) is 14.6. The second-order valence-electron chi connectivity index (χ2n) is 6.75. The summed E-state index contributed by atoms with van der Waals surface area (Å²) in [6.07, 6.45) is 4.99. The highest BCUT2D eigenvalue weighted by molar-refractivity contribution is 5.76. The van der Waals surface area contributed by atoms with E-state index in [4.69, 9.17) is 0 Å². The highest BCUT2D eigenvalue weighted by atomic mass is 16.3. The van der Waals surface area contributed by atoms with E-state index in [0.717, 1.165) is 31.2 Å². The molecule has 0 spiro atoms. The lowest BCUT2D eigenvalue weighted by Gasteiger charge is -2.50. The van der Waals surface area contributed by atoms with Crippen LogP contribution in [0.1, 0.15) is 64.9 Å². The fraction of sp³-hybridized carbons (Fsp3) is 0.650. The fourth-order valence-electron chi connectivity index (χ4n) is 4.18. The molecule has 1 aliphatic rings. The zero-order valence-electron chi connectivity index (χ0n) is 14.8. The zero-order valence-corrected chi connectivity index (χ0v) is 14.8. The Morgan fingerprint density at radius 2 is 1.91 bits per heavy atom. The van der Waals surface area contributed by atoms with Crippen molar-refractivity contribution in [3.63, 3.8) is 0 Å². The molecule has 1 aromatic carbocycles. The average Bonchev–Trinajstić information content (AvgIpc) is 2.57. The quantitative estimate of drug-likeness (QED) is 0.858. The lowest BCUT2D eigenvalue weighted by atomic mass is 9.69. The molecule has 1 saturated heterocycles. The summed E-state index contributed by atoms with van der Waals surface area (Å²) in [6.45, 7) is 7.00. The lowest BCUT2D eigenvalue weighted by molar-refractivity contribution is -0.151. The van der Waals surface area contributed by atoms with Crippen molar-refractivity contribution in [1.29, 1.82) is 0 Å². The molecule has 128 valence electrons. The van der Waals surface area contributed by atoms with E-state index in [1.807, 2.05) is 42.2 Å². The molecule has 1 fully saturated rings. The first kappa shape index (κ1) is 18.0. The van der Waals surface area contributed by atoms with Crippen molar-refractivity contribution in [2.24, 2.45) is 5.92 Å². The van der Waals surface area contributed by atoms with E-state index in [1.165, 1.54) is 0 Å². The van der Waals surface area contributed by atoms with Crippen LogP contribution in [0.2, 0.25) is 0 Å². The first-order valence-electron chi connectivity index (χ1n) is 9.15. The van der Waals surface area contributed by atoms with E-state index in [9.17, 15) is 9.90 Å². The topological polar surface area (TPSA) is 40.5 Å². The molecule has 1 heterocycles. The molecule has 0 aliphatic carbocycles. The smallest absolute Gasteiger partial charge is 0.222 e. The number of nitrogens with zero attached hydrogens (tertiary/aromatic N) is 1. The Morgan fingerprint density at radius 1 is 1.22 bits per heavy atom. The minimum absolute atomic E-state index is 0.106. The number of amides is 1. The Hall–Kier alpha value is -1.35. The Morgan fingerprint density at radius 3 is 2.48 bits per heavy atom. The molecular formula is C20H31NO2. The molecule has 1 aromatic rings. The maximum atomic E-state index is 12.5. The number of carbonyl (C=O) groups excluding carboxylic acids is 1. The minimum atomic E-state index is -0.819. The molecule has 3 heteroatoms. The molecule has 23 heavy (non-hydrogen) atoms. The molecule has 0 saturated carbocycles. The summed E-state index contributed by atoms with van der Waals surface area (Å²) in [5, 5.41) is 11.5. The van der Waals surface area contributed by atoms with Crippen molar-refractivity contribution in [3.05, 3.63) is 35.9 Å². The average molecular weight is 317 g/mol. The molecule has 3 nitrogen and oxygen atoms in total. The van der Waals surface area contributed by atoms with E-state index < -0.39 is 5.60 Å². The monoisotopic (exact) mass is 317 g/mol. The van der Waals surface area contributed by atoms with Crippen LogP contribution in [0.25, 0.3) is 0 Å². The van der Waals surface area contributed by atoms with Crippen molar-refractivity contribution in [2.45, 2.75) is 70.9 Å². The number of benzene rings is 1. The van der Waals surface area contributed by atoms with Gasteiger partial charge in [0.05, 0.1) is 5.60 Å². The third kappa shape index (κ3) is 3.60. The summed E-state index contributed by atoms with van der Waals surface area (Å²) in [7, 11) is 0. The first-order valence-corrected chi connectivity index (χ1v) is 9.15. The first-order chi connectivity index (χ1) is 11.1. The summed E-state index contributed by atoms with van der Waals surface area (Å²) in [6, 6.07) is 10.2. The van der Waals surface area contributed by atoms with Crippen LogP contribution in [-0.2, 0) is 10.4 Å². The predicted octanol–water partition coefficient (Wildman–Crippen LogP) is 4.10. The van der Waals surface area contributed by atoms with Gasteiger partial charge in [0, 0.05) is 24.9 Å². The number of rotatable bonds is 6. The highest BCUT2D eigenvalue weighted by Gasteiger charge is 2.48. The maximum Gasteiger partial charge on any atom is 0.222 e. The van der Waals surface area contributed by atoms with Crippen molar-refractivity contribution in [3.8, 4) is 0 Å². The molecule has 0 bridgehead atoms. The van der Waals surface area contributed by atoms with Crippen LogP contribution >= 0.6 is 0 Å². The summed E-state index contributed by atoms with van der Waals surface area (Å²) in [5.41, 5.74) is 0.181. The van der Waals surface area contributed by atoms with E-state index >= 15 is 0 Å². The van der Waals surface area contributed by atoms with Gasteiger partial charge >= 0.3 is 0 Å². The second kappa shape index (κ2) is 7.96. The van der Waals surface area contributed by atoms with Crippen LogP contribution < -0.4 is 0 Å². The summed E-state index contributed by atoms with van der Waals surface area (Å²) < 4.78 is 0. The molecule has 3 atom stereocenters. The summed E-state index contributed by atoms with van der Waals surface area (Å²) in [5.74, 6) is 0.352. The van der Waals surface area contributed by atoms with E-state index in [2.05, 4.69) is 13.8 Å². The predicted molar refractivity (Wildman–Crippen MR) is 94.1 cm³/mol. The molecule has 0 unspecified atom stereocenters. The maximum absolute atomic E-state index is 12.5. The van der Waals surface area contributed by atoms with Gasteiger partial charge in [-0.2, -0.15) is 0 Å². The van der Waals surface area contributed by atoms with Crippen LogP contribution in [0.3, 0.4) is 0 Å². The molecule has 1 amide bonds. The molecule has 0 aromatic heterocycles. The van der Waals surface area contributed by atoms with Gasteiger partial charge in [-0.15, -0.1) is 0 Å². The number of piperidine rings is 1. The Bertz CT molecular complexity index is 502. The fourth-order valence-corrected chi connectivity index (χ4v) is 4.18. The van der Waals surface area contributed by atoms with Gasteiger partial charge in [-0.25, -0.2) is 0 Å². The number of hydrogen-bond acceptors (Lipinski definition) is 2. The van der Waals surface area contributed by atoms with Crippen LogP contribution in [0.5, 0.6) is 0 Å². The second-order valence-corrected chi connectivity index (χ2v) is 6.75. The molecule has 0 radical (unpaired) electrons. The molecular weight excluding hydrogens is 286 g/mol. The van der Waals surface area contributed by atoms with Gasteiger partial charge in [0.1, 0.15) is 0 Å².